The van der Waals surface area contributed by atoms with Crippen molar-refractivity contribution in [1.29, 1.82) is 0 Å². The van der Waals surface area contributed by atoms with Gasteiger partial charge in [-0.1, -0.05) is 46.8 Å². The zero-order chi connectivity index (χ0) is 25.6. The summed E-state index contributed by atoms with van der Waals surface area (Å²) in [5.74, 6) is 0.349. The molecule has 0 aliphatic heterocycles. The second kappa shape index (κ2) is 11.2. The molecular formula is C27H34N4O4. The Balaban J connectivity index is 1.70. The van der Waals surface area contributed by atoms with Crippen LogP contribution in [0.4, 0.5) is 5.69 Å². The van der Waals surface area contributed by atoms with E-state index in [-0.39, 0.29) is 30.3 Å². The minimum Gasteiger partial charge on any atom is -0.481 e. The normalized spacial score (nSPS) is 12.4. The summed E-state index contributed by atoms with van der Waals surface area (Å²) in [6.45, 7) is 10.6. The number of carbonyl (C=O) groups excluding carboxylic acids is 1. The van der Waals surface area contributed by atoms with Crippen molar-refractivity contribution in [2.45, 2.75) is 58.9 Å². The lowest BCUT2D eigenvalue weighted by Crippen LogP contribution is -2.25. The third-order valence-electron chi connectivity index (χ3n) is 5.45. The van der Waals surface area contributed by atoms with E-state index in [2.05, 4.69) is 46.8 Å². The Labute approximate surface area is 206 Å². The SMILES string of the molecule is CC(C)CC(Nc1ccc(C(=O)NCCC(=O)O)cc1)c1ccc(-c2nnc(C(C)(C)C)o2)cc1. The molecule has 35 heavy (non-hydrogen) atoms. The molecule has 1 heterocycles. The van der Waals surface area contributed by atoms with Gasteiger partial charge < -0.3 is 20.2 Å². The van der Waals surface area contributed by atoms with Crippen LogP contribution in [0.1, 0.15) is 75.3 Å². The lowest BCUT2D eigenvalue weighted by molar-refractivity contribution is -0.136. The van der Waals surface area contributed by atoms with Crippen LogP contribution in [0, 0.1) is 5.92 Å². The molecule has 1 atom stereocenters. The van der Waals surface area contributed by atoms with E-state index >= 15 is 0 Å². The molecule has 3 N–H and O–H groups in total. The maximum atomic E-state index is 12.2. The van der Waals surface area contributed by atoms with Crippen molar-refractivity contribution in [3.63, 3.8) is 0 Å². The highest BCUT2D eigenvalue weighted by Gasteiger charge is 2.22. The number of carboxylic acid groups (broad SMARTS) is 1. The summed E-state index contributed by atoms with van der Waals surface area (Å²) in [6.07, 6.45) is 0.816. The largest absolute Gasteiger partial charge is 0.481 e. The van der Waals surface area contributed by atoms with Crippen molar-refractivity contribution in [3.8, 4) is 11.5 Å². The van der Waals surface area contributed by atoms with E-state index < -0.39 is 5.97 Å². The molecule has 0 radical (unpaired) electrons. The van der Waals surface area contributed by atoms with Crippen LogP contribution in [-0.4, -0.2) is 33.7 Å². The molecule has 3 aromatic rings. The van der Waals surface area contributed by atoms with E-state index in [1.165, 1.54) is 0 Å². The average molecular weight is 479 g/mol. The number of nitrogens with zero attached hydrogens (tertiary/aromatic N) is 2. The van der Waals surface area contributed by atoms with Crippen LogP contribution >= 0.6 is 0 Å². The lowest BCUT2D eigenvalue weighted by Gasteiger charge is -2.22. The number of amides is 1. The van der Waals surface area contributed by atoms with Gasteiger partial charge in [0.2, 0.25) is 11.8 Å². The molecule has 0 spiro atoms. The van der Waals surface area contributed by atoms with Gasteiger partial charge in [0, 0.05) is 28.8 Å². The molecule has 8 heteroatoms. The minimum atomic E-state index is -0.944. The van der Waals surface area contributed by atoms with E-state index in [0.29, 0.717) is 23.3 Å². The zero-order valence-corrected chi connectivity index (χ0v) is 21.0. The van der Waals surface area contributed by atoms with Crippen LogP contribution < -0.4 is 10.6 Å². The van der Waals surface area contributed by atoms with Gasteiger partial charge in [-0.05, 0) is 54.3 Å². The average Bonchev–Trinajstić information content (AvgIpc) is 3.30. The van der Waals surface area contributed by atoms with Crippen molar-refractivity contribution >= 4 is 17.6 Å². The minimum absolute atomic E-state index is 0.0760. The van der Waals surface area contributed by atoms with Crippen molar-refractivity contribution in [2.24, 2.45) is 5.92 Å². The zero-order valence-electron chi connectivity index (χ0n) is 21.0. The summed E-state index contributed by atoms with van der Waals surface area (Å²) in [5, 5.41) is 23.3. The molecule has 0 bridgehead atoms. The monoisotopic (exact) mass is 478 g/mol. The maximum absolute atomic E-state index is 12.2. The van der Waals surface area contributed by atoms with Crippen LogP contribution in [0.5, 0.6) is 0 Å². The van der Waals surface area contributed by atoms with Crippen LogP contribution in [0.25, 0.3) is 11.5 Å². The summed E-state index contributed by atoms with van der Waals surface area (Å²) < 4.78 is 5.86. The van der Waals surface area contributed by atoms with Gasteiger partial charge in [0.25, 0.3) is 5.91 Å². The maximum Gasteiger partial charge on any atom is 0.305 e. The molecule has 0 saturated heterocycles. The molecule has 0 aliphatic rings. The van der Waals surface area contributed by atoms with Gasteiger partial charge in [-0.3, -0.25) is 9.59 Å². The Morgan fingerprint density at radius 2 is 1.66 bits per heavy atom. The Hall–Kier alpha value is -3.68. The predicted octanol–water partition coefficient (Wildman–Crippen LogP) is 5.44. The molecule has 186 valence electrons. The number of carbonyl (C=O) groups is 2. The standard InChI is InChI=1S/C27H34N4O4/c1-17(2)16-22(29-21-12-10-19(11-13-21)24(34)28-15-14-23(32)33)18-6-8-20(9-7-18)25-30-31-26(35-25)27(3,4)5/h6-13,17,22,29H,14-16H2,1-5H3,(H,28,34)(H,32,33). The van der Waals surface area contributed by atoms with Crippen molar-refractivity contribution in [2.75, 3.05) is 11.9 Å². The number of rotatable bonds is 10. The highest BCUT2D eigenvalue weighted by Crippen LogP contribution is 2.29. The highest BCUT2D eigenvalue weighted by atomic mass is 16.4. The fraction of sp³-hybridized carbons (Fsp3) is 0.407. The first-order chi connectivity index (χ1) is 16.5. The highest BCUT2D eigenvalue weighted by molar-refractivity contribution is 5.94. The Morgan fingerprint density at radius 1 is 1.00 bits per heavy atom. The number of benzene rings is 2. The topological polar surface area (TPSA) is 117 Å². The Morgan fingerprint density at radius 3 is 2.20 bits per heavy atom. The van der Waals surface area contributed by atoms with E-state index in [4.69, 9.17) is 9.52 Å². The number of anilines is 1. The van der Waals surface area contributed by atoms with E-state index in [1.807, 2.05) is 45.0 Å². The van der Waals surface area contributed by atoms with Gasteiger partial charge in [-0.15, -0.1) is 10.2 Å². The van der Waals surface area contributed by atoms with E-state index in [9.17, 15) is 9.59 Å². The fourth-order valence-corrected chi connectivity index (χ4v) is 3.55. The Bertz CT molecular complexity index is 1130. The van der Waals surface area contributed by atoms with E-state index in [0.717, 1.165) is 23.2 Å². The first-order valence-corrected chi connectivity index (χ1v) is 11.8. The van der Waals surface area contributed by atoms with Gasteiger partial charge in [-0.25, -0.2) is 0 Å². The van der Waals surface area contributed by atoms with Gasteiger partial charge in [-0.2, -0.15) is 0 Å². The van der Waals surface area contributed by atoms with Gasteiger partial charge >= 0.3 is 5.97 Å². The molecule has 1 amide bonds. The number of aliphatic carboxylic acids is 1. The quantitative estimate of drug-likeness (QED) is 0.355. The predicted molar refractivity (Wildman–Crippen MR) is 135 cm³/mol. The molecule has 0 saturated carbocycles. The summed E-state index contributed by atoms with van der Waals surface area (Å²) >= 11 is 0. The van der Waals surface area contributed by atoms with Crippen molar-refractivity contribution in [1.82, 2.24) is 15.5 Å². The molecule has 1 aromatic heterocycles. The Kier molecular flexibility index (Phi) is 8.27. The van der Waals surface area contributed by atoms with Crippen LogP contribution in [-0.2, 0) is 10.2 Å². The summed E-state index contributed by atoms with van der Waals surface area (Å²) in [6, 6.07) is 15.4. The van der Waals surface area contributed by atoms with Gasteiger partial charge in [0.15, 0.2) is 0 Å². The summed E-state index contributed by atoms with van der Waals surface area (Å²) in [5.41, 5.74) is 3.19. The third kappa shape index (κ3) is 7.40. The molecule has 0 aliphatic carbocycles. The van der Waals surface area contributed by atoms with Crippen molar-refractivity contribution in [3.05, 3.63) is 65.5 Å². The second-order valence-corrected chi connectivity index (χ2v) is 10.1. The number of hydrogen-bond donors (Lipinski definition) is 3. The van der Waals surface area contributed by atoms with Gasteiger partial charge in [0.1, 0.15) is 0 Å². The van der Waals surface area contributed by atoms with Crippen LogP contribution in [0.15, 0.2) is 52.9 Å². The number of hydrogen-bond acceptors (Lipinski definition) is 6. The molecule has 2 aromatic carbocycles. The van der Waals surface area contributed by atoms with Crippen molar-refractivity contribution < 1.29 is 19.1 Å². The first-order valence-electron chi connectivity index (χ1n) is 11.8. The number of nitrogens with one attached hydrogen (secondary N) is 2. The van der Waals surface area contributed by atoms with Gasteiger partial charge in [0.05, 0.1) is 12.5 Å². The molecule has 0 fully saturated rings. The van der Waals surface area contributed by atoms with Crippen LogP contribution in [0.3, 0.4) is 0 Å². The summed E-state index contributed by atoms with van der Waals surface area (Å²) in [4.78, 5) is 22.8. The molecule has 8 nitrogen and oxygen atoms in total. The summed E-state index contributed by atoms with van der Waals surface area (Å²) in [7, 11) is 0. The first kappa shape index (κ1) is 25.9. The molecule has 1 unspecified atom stereocenters. The second-order valence-electron chi connectivity index (χ2n) is 10.1. The smallest absolute Gasteiger partial charge is 0.305 e. The number of aromatic nitrogens is 2. The van der Waals surface area contributed by atoms with Crippen LogP contribution in [0.2, 0.25) is 0 Å². The molecule has 3 rings (SSSR count). The molecular weight excluding hydrogens is 444 g/mol. The fourth-order valence-electron chi connectivity index (χ4n) is 3.55. The number of carboxylic acids is 1. The third-order valence-corrected chi connectivity index (χ3v) is 5.45. The van der Waals surface area contributed by atoms with E-state index in [1.54, 1.807) is 12.1 Å². The lowest BCUT2D eigenvalue weighted by atomic mass is 9.95.